The van der Waals surface area contributed by atoms with Crippen LogP contribution in [0.15, 0.2) is 66.7 Å². The first-order chi connectivity index (χ1) is 16.8. The monoisotopic (exact) mass is 702 g/mol. The number of rotatable bonds is 10. The number of aromatic nitrogens is 5. The second kappa shape index (κ2) is 16.7. The normalized spacial score (nSPS) is 10.4. The van der Waals surface area contributed by atoms with Crippen LogP contribution in [0.5, 0.6) is 0 Å². The summed E-state index contributed by atoms with van der Waals surface area (Å²) < 4.78 is 15.7. The fourth-order valence-electron chi connectivity index (χ4n) is 4.28. The summed E-state index contributed by atoms with van der Waals surface area (Å²) in [5.41, 5.74) is 5.68. The third-order valence-electron chi connectivity index (χ3n) is 5.84. The number of hydrogen-bond donors (Lipinski definition) is 0. The van der Waals surface area contributed by atoms with Gasteiger partial charge >= 0.3 is 40.8 Å². The van der Waals surface area contributed by atoms with Gasteiger partial charge in [-0.15, -0.1) is 0 Å². The van der Waals surface area contributed by atoms with E-state index in [0.29, 0.717) is 39.5 Å². The van der Waals surface area contributed by atoms with E-state index in [0.717, 1.165) is 45.1 Å². The molecule has 0 saturated carbocycles. The molecule has 5 rings (SSSR count). The Labute approximate surface area is 274 Å². The van der Waals surface area contributed by atoms with Crippen molar-refractivity contribution in [1.29, 1.82) is 0 Å². The maximum absolute atomic E-state index is 5.64. The Balaban J connectivity index is 0.00000180. The van der Waals surface area contributed by atoms with E-state index < -0.39 is 0 Å². The summed E-state index contributed by atoms with van der Waals surface area (Å²) >= 11 is 0. The molecular formula is C27H29Cl3N5NdO2. The second-order valence-corrected chi connectivity index (χ2v) is 7.95. The van der Waals surface area contributed by atoms with Crippen LogP contribution in [0.2, 0.25) is 0 Å². The fraction of sp³-hybridized carbons (Fsp3) is 0.296. The van der Waals surface area contributed by atoms with Gasteiger partial charge in [-0.2, -0.15) is 0 Å². The van der Waals surface area contributed by atoms with Crippen LogP contribution in [-0.4, -0.2) is 50.5 Å². The van der Waals surface area contributed by atoms with Gasteiger partial charge in [-0.05, 0) is 50.2 Å². The van der Waals surface area contributed by atoms with Gasteiger partial charge in [0.2, 0.25) is 0 Å². The van der Waals surface area contributed by atoms with E-state index in [9.17, 15) is 0 Å². The zero-order valence-corrected chi connectivity index (χ0v) is 26.8. The van der Waals surface area contributed by atoms with E-state index in [1.54, 1.807) is 0 Å². The van der Waals surface area contributed by atoms with Crippen molar-refractivity contribution in [3.05, 3.63) is 66.7 Å². The minimum Gasteiger partial charge on any atom is -1.00 e. The van der Waals surface area contributed by atoms with Crippen LogP contribution in [0.25, 0.3) is 45.1 Å². The zero-order valence-electron chi connectivity index (χ0n) is 21.3. The van der Waals surface area contributed by atoms with Crippen molar-refractivity contribution in [2.45, 2.75) is 26.9 Å². The summed E-state index contributed by atoms with van der Waals surface area (Å²) in [6, 6.07) is 22.4. The number of benzene rings is 2. The Hall–Kier alpha value is -1.33. The van der Waals surface area contributed by atoms with Gasteiger partial charge in [0, 0.05) is 26.3 Å². The zero-order chi connectivity index (χ0) is 23.3. The molecule has 0 fully saturated rings. The Morgan fingerprint density at radius 3 is 1.42 bits per heavy atom. The molecule has 5 aromatic rings. The number of nitrogens with zero attached hydrogens (tertiary/aromatic N) is 5. The quantitative estimate of drug-likeness (QED) is 0.140. The molecule has 3 heterocycles. The molecule has 0 spiro atoms. The van der Waals surface area contributed by atoms with Crippen LogP contribution in [-0.2, 0) is 22.6 Å². The molecule has 0 aliphatic heterocycles. The van der Waals surface area contributed by atoms with Crippen molar-refractivity contribution in [2.24, 2.45) is 0 Å². The number of para-hydroxylation sites is 4. The Morgan fingerprint density at radius 1 is 0.579 bits per heavy atom. The molecule has 11 heteroatoms. The summed E-state index contributed by atoms with van der Waals surface area (Å²) in [4.78, 5) is 14.9. The fourth-order valence-corrected chi connectivity index (χ4v) is 4.28. The molecule has 0 N–H and O–H groups in total. The topological polar surface area (TPSA) is 67.0 Å². The maximum Gasteiger partial charge on any atom is 3.00 e. The van der Waals surface area contributed by atoms with E-state index in [2.05, 4.69) is 21.3 Å². The molecule has 7 nitrogen and oxygen atoms in total. The summed E-state index contributed by atoms with van der Waals surface area (Å²) in [7, 11) is 0. The third kappa shape index (κ3) is 7.44. The molecule has 0 saturated heterocycles. The summed E-state index contributed by atoms with van der Waals surface area (Å²) in [5, 5.41) is 0. The summed E-state index contributed by atoms with van der Waals surface area (Å²) in [6.07, 6.45) is 0. The molecule has 0 aliphatic rings. The van der Waals surface area contributed by atoms with Gasteiger partial charge in [-0.25, -0.2) is 15.0 Å². The van der Waals surface area contributed by atoms with E-state index in [-0.39, 0.29) is 78.1 Å². The minimum atomic E-state index is 0. The molecule has 2 aromatic carbocycles. The maximum atomic E-state index is 5.64. The molecule has 3 aromatic heterocycles. The Morgan fingerprint density at radius 2 is 1.00 bits per heavy atom. The predicted octanol–water partition coefficient (Wildman–Crippen LogP) is -3.80. The van der Waals surface area contributed by atoms with Gasteiger partial charge in [0.25, 0.3) is 0 Å². The van der Waals surface area contributed by atoms with E-state index in [1.165, 1.54) is 0 Å². The first kappa shape index (κ1) is 34.7. The van der Waals surface area contributed by atoms with Crippen LogP contribution in [0.1, 0.15) is 13.8 Å². The number of pyridine rings is 1. The van der Waals surface area contributed by atoms with Crippen LogP contribution >= 0.6 is 0 Å². The molecule has 0 unspecified atom stereocenters. The predicted molar refractivity (Wildman–Crippen MR) is 135 cm³/mol. The van der Waals surface area contributed by atoms with Crippen LogP contribution < -0.4 is 37.2 Å². The van der Waals surface area contributed by atoms with E-state index in [4.69, 9.17) is 24.4 Å². The summed E-state index contributed by atoms with van der Waals surface area (Å²) in [5.74, 6) is 1.67. The number of ether oxygens (including phenoxy) is 2. The molecular weight excluding hydrogens is 677 g/mol. The molecule has 38 heavy (non-hydrogen) atoms. The summed E-state index contributed by atoms with van der Waals surface area (Å²) in [6.45, 7) is 8.06. The Bertz CT molecular complexity index is 1320. The molecule has 0 aliphatic carbocycles. The van der Waals surface area contributed by atoms with Gasteiger partial charge in [-0.3, -0.25) is 0 Å². The van der Waals surface area contributed by atoms with Crippen LogP contribution in [0.3, 0.4) is 0 Å². The van der Waals surface area contributed by atoms with Gasteiger partial charge in [0.05, 0.1) is 35.3 Å². The average Bonchev–Trinajstić information content (AvgIpc) is 3.43. The number of hydrogen-bond acceptors (Lipinski definition) is 5. The SMILES string of the molecule is CCOCCn1c(-c2cccc(-c3nc4ccccc4n3CCOCC)n2)nc2ccccc21.[Cl-].[Cl-].[Cl-].[Nd+3]. The van der Waals surface area contributed by atoms with Crippen molar-refractivity contribution in [1.82, 2.24) is 24.1 Å². The average molecular weight is 706 g/mol. The van der Waals surface area contributed by atoms with Gasteiger partial charge < -0.3 is 55.8 Å². The first-order valence-corrected chi connectivity index (χ1v) is 11.8. The van der Waals surface area contributed by atoms with E-state index in [1.807, 2.05) is 68.4 Å². The minimum absolute atomic E-state index is 0. The van der Waals surface area contributed by atoms with E-state index >= 15 is 0 Å². The molecule has 0 amide bonds. The van der Waals surface area contributed by atoms with Gasteiger partial charge in [0.15, 0.2) is 11.6 Å². The van der Waals surface area contributed by atoms with Crippen molar-refractivity contribution in [3.8, 4) is 23.0 Å². The molecule has 199 valence electrons. The van der Waals surface area contributed by atoms with Crippen molar-refractivity contribution in [3.63, 3.8) is 0 Å². The standard InChI is InChI=1S/C27H29N5O2.3ClH.Nd/c1-3-33-18-16-31-24-14-7-5-10-20(24)29-26(31)22-12-9-13-23(28-22)27-30-21-11-6-8-15-25(21)32(27)17-19-34-4-2;;;;/h5-15H,3-4,16-19H2,1-2H3;3*1H;/q;;;;+3/p-3. The number of fused-ring (bicyclic) bond motifs is 2. The third-order valence-corrected chi connectivity index (χ3v) is 5.84. The van der Waals surface area contributed by atoms with Gasteiger partial charge in [-0.1, -0.05) is 30.3 Å². The molecule has 1 radical (unpaired) electrons. The first-order valence-electron chi connectivity index (χ1n) is 11.8. The number of halogens is 3. The van der Waals surface area contributed by atoms with Crippen LogP contribution in [0.4, 0.5) is 0 Å². The molecule has 0 bridgehead atoms. The van der Waals surface area contributed by atoms with Crippen molar-refractivity contribution in [2.75, 3.05) is 26.4 Å². The number of imidazole rings is 2. The second-order valence-electron chi connectivity index (χ2n) is 7.95. The smallest absolute Gasteiger partial charge is 1.00 e. The molecule has 0 atom stereocenters. The van der Waals surface area contributed by atoms with Gasteiger partial charge in [0.1, 0.15) is 11.4 Å². The van der Waals surface area contributed by atoms with Crippen LogP contribution in [0, 0.1) is 40.8 Å². The largest absolute Gasteiger partial charge is 3.00 e. The van der Waals surface area contributed by atoms with Crippen molar-refractivity contribution >= 4 is 22.1 Å². The Kier molecular flexibility index (Phi) is 15.2. The van der Waals surface area contributed by atoms with Crippen molar-refractivity contribution < 1.29 is 87.5 Å².